The number of nitrogens with zero attached hydrogens (tertiary/aromatic N) is 1. The van der Waals surface area contributed by atoms with Gasteiger partial charge in [-0.1, -0.05) is 59.6 Å². The molecular weight excluding hydrogens is 648 g/mol. The molecule has 0 spiro atoms. The highest BCUT2D eigenvalue weighted by Gasteiger charge is 2.25. The number of amides is 2. The number of piperidine rings is 1. The first-order valence-corrected chi connectivity index (χ1v) is 18.7. The van der Waals surface area contributed by atoms with Crippen LogP contribution < -0.4 is 10.7 Å². The van der Waals surface area contributed by atoms with Crippen LogP contribution in [0.4, 0.5) is 0 Å². The molecule has 0 bridgehead atoms. The molecule has 2 heterocycles. The van der Waals surface area contributed by atoms with Gasteiger partial charge in [-0.05, 0) is 97.9 Å². The second-order valence-electron chi connectivity index (χ2n) is 12.9. The van der Waals surface area contributed by atoms with Crippen molar-refractivity contribution in [2.45, 2.75) is 74.8 Å². The van der Waals surface area contributed by atoms with E-state index in [2.05, 4.69) is 35.7 Å². The molecule has 3 aromatic carbocycles. The van der Waals surface area contributed by atoms with Crippen LogP contribution >= 0.6 is 11.6 Å². The maximum absolute atomic E-state index is 13.5. The average Bonchev–Trinajstić information content (AvgIpc) is 3.07. The highest BCUT2D eigenvalue weighted by Crippen LogP contribution is 2.37. The summed E-state index contributed by atoms with van der Waals surface area (Å²) in [6.07, 6.45) is 10.0. The lowest BCUT2D eigenvalue weighted by Gasteiger charge is -2.31. The van der Waals surface area contributed by atoms with Crippen molar-refractivity contribution < 1.29 is 22.4 Å². The maximum atomic E-state index is 13.5. The van der Waals surface area contributed by atoms with Gasteiger partial charge < -0.3 is 14.6 Å². The highest BCUT2D eigenvalue weighted by atomic mass is 35.5. The molecule has 0 unspecified atom stereocenters. The summed E-state index contributed by atoms with van der Waals surface area (Å²) >= 11 is 6.13. The van der Waals surface area contributed by atoms with Crippen LogP contribution in [0.2, 0.25) is 5.02 Å². The molecule has 2 amide bonds. The van der Waals surface area contributed by atoms with E-state index in [0.29, 0.717) is 30.3 Å². The fraction of sp³-hybridized carbons (Fsp3) is 0.342. The summed E-state index contributed by atoms with van der Waals surface area (Å²) in [6.45, 7) is 1.48. The number of rotatable bonds is 9. The molecule has 250 valence electrons. The number of sulfone groups is 1. The Bertz CT molecular complexity index is 2030. The van der Waals surface area contributed by atoms with Crippen LogP contribution in [0.3, 0.4) is 0 Å². The molecule has 10 heteroatoms. The summed E-state index contributed by atoms with van der Waals surface area (Å²) in [6, 6.07) is 20.7. The van der Waals surface area contributed by atoms with E-state index in [-0.39, 0.29) is 33.6 Å². The quantitative estimate of drug-likeness (QED) is 0.190. The van der Waals surface area contributed by atoms with E-state index in [1.165, 1.54) is 34.9 Å². The van der Waals surface area contributed by atoms with Gasteiger partial charge in [-0.2, -0.15) is 0 Å². The molecule has 0 radical (unpaired) electrons. The summed E-state index contributed by atoms with van der Waals surface area (Å²) in [4.78, 5) is 40.9. The van der Waals surface area contributed by atoms with Gasteiger partial charge in [0.15, 0.2) is 21.0 Å². The molecule has 1 aliphatic heterocycles. The van der Waals surface area contributed by atoms with Crippen LogP contribution in [0.25, 0.3) is 11.0 Å². The molecule has 2 fully saturated rings. The zero-order valence-electron chi connectivity index (χ0n) is 26.9. The summed E-state index contributed by atoms with van der Waals surface area (Å²) < 4.78 is 29.8. The predicted octanol–water partition coefficient (Wildman–Crippen LogP) is 6.99. The minimum Gasteiger partial charge on any atom is -0.451 e. The van der Waals surface area contributed by atoms with Crippen LogP contribution in [-0.2, 0) is 27.6 Å². The number of carbonyl (C=O) groups excluding carboxylic acids is 2. The standard InChI is InChI=1S/C38H39ClN2O6S/c1-48(45,46)31-17-18-35-33(22-31)34(42)23-36(47-35)38(44)40-30(21-26-11-15-29(39)16-12-26)20-25-9-13-27(14-10-25)32-7-3-2-6-28(32)24-41-19-5-4-8-37(41)43/h2-3,6-7,11-12,15-18,20,22-23,27,30H,4-5,8-10,13-14,19,21,24H2,1H3,(H,40,44)/t27?,30-/m0/s1. The first kappa shape index (κ1) is 33.7. The third-order valence-corrected chi connectivity index (χ3v) is 10.7. The summed E-state index contributed by atoms with van der Waals surface area (Å²) in [5.41, 5.74) is 4.42. The second-order valence-corrected chi connectivity index (χ2v) is 15.3. The first-order chi connectivity index (χ1) is 23.0. The van der Waals surface area contributed by atoms with E-state index in [0.717, 1.165) is 63.0 Å². The molecule has 1 saturated heterocycles. The molecule has 1 atom stereocenters. The van der Waals surface area contributed by atoms with Crippen molar-refractivity contribution in [3.05, 3.63) is 122 Å². The van der Waals surface area contributed by atoms with Crippen LogP contribution in [0, 0.1) is 0 Å². The highest BCUT2D eigenvalue weighted by molar-refractivity contribution is 7.90. The molecular formula is C38H39ClN2O6S. The normalized spacial score (nSPS) is 17.7. The Labute approximate surface area is 285 Å². The Balaban J connectivity index is 1.19. The Hall–Kier alpha value is -4.21. The zero-order valence-corrected chi connectivity index (χ0v) is 28.5. The van der Waals surface area contributed by atoms with Crippen molar-refractivity contribution in [1.82, 2.24) is 10.2 Å². The van der Waals surface area contributed by atoms with E-state index in [4.69, 9.17) is 16.0 Å². The number of carbonyl (C=O) groups is 2. The van der Waals surface area contributed by atoms with Gasteiger partial charge in [0.1, 0.15) is 5.58 Å². The van der Waals surface area contributed by atoms with E-state index < -0.39 is 21.2 Å². The number of likely N-dealkylation sites (tertiary alicyclic amines) is 1. The predicted molar refractivity (Wildman–Crippen MR) is 187 cm³/mol. The first-order valence-electron chi connectivity index (χ1n) is 16.4. The Kier molecular flexibility index (Phi) is 10.2. The fourth-order valence-corrected chi connectivity index (χ4v) is 7.58. The summed E-state index contributed by atoms with van der Waals surface area (Å²) in [5.74, 6) is -0.0566. The van der Waals surface area contributed by atoms with E-state index in [1.807, 2.05) is 29.2 Å². The van der Waals surface area contributed by atoms with Gasteiger partial charge in [0, 0.05) is 36.9 Å². The maximum Gasteiger partial charge on any atom is 0.287 e. The number of benzene rings is 3. The van der Waals surface area contributed by atoms with Gasteiger partial charge in [-0.25, -0.2) is 8.42 Å². The van der Waals surface area contributed by atoms with Crippen molar-refractivity contribution in [2.75, 3.05) is 12.8 Å². The number of allylic oxidation sites excluding steroid dienone is 1. The second kappa shape index (κ2) is 14.5. The third-order valence-electron chi connectivity index (χ3n) is 9.38. The molecule has 48 heavy (non-hydrogen) atoms. The summed E-state index contributed by atoms with van der Waals surface area (Å²) in [5, 5.41) is 3.77. The van der Waals surface area contributed by atoms with E-state index >= 15 is 0 Å². The van der Waals surface area contributed by atoms with Crippen molar-refractivity contribution in [3.63, 3.8) is 0 Å². The lowest BCUT2D eigenvalue weighted by atomic mass is 9.79. The minimum absolute atomic E-state index is 0.00413. The molecule has 2 aliphatic rings. The largest absolute Gasteiger partial charge is 0.451 e. The van der Waals surface area contributed by atoms with Crippen molar-refractivity contribution in [2.24, 2.45) is 0 Å². The average molecular weight is 687 g/mol. The van der Waals surface area contributed by atoms with Gasteiger partial charge in [-0.3, -0.25) is 14.4 Å². The van der Waals surface area contributed by atoms with Gasteiger partial charge >= 0.3 is 0 Å². The molecule has 1 saturated carbocycles. The molecule has 8 nitrogen and oxygen atoms in total. The van der Waals surface area contributed by atoms with Crippen LogP contribution in [0.5, 0.6) is 0 Å². The number of halogens is 1. The van der Waals surface area contributed by atoms with Crippen molar-refractivity contribution in [1.29, 1.82) is 0 Å². The summed E-state index contributed by atoms with van der Waals surface area (Å²) in [7, 11) is -3.52. The molecule has 1 N–H and O–H groups in total. The van der Waals surface area contributed by atoms with Crippen LogP contribution in [-0.4, -0.2) is 44.0 Å². The number of hydrogen-bond acceptors (Lipinski definition) is 6. The van der Waals surface area contributed by atoms with Crippen molar-refractivity contribution in [3.8, 4) is 0 Å². The van der Waals surface area contributed by atoms with Gasteiger partial charge in [0.05, 0.1) is 16.3 Å². The van der Waals surface area contributed by atoms with Crippen LogP contribution in [0.1, 0.15) is 78.1 Å². The topological polar surface area (TPSA) is 114 Å². The van der Waals surface area contributed by atoms with E-state index in [9.17, 15) is 22.8 Å². The molecule has 1 aromatic heterocycles. The van der Waals surface area contributed by atoms with Gasteiger partial charge in [0.25, 0.3) is 5.91 Å². The smallest absolute Gasteiger partial charge is 0.287 e. The minimum atomic E-state index is -3.52. The van der Waals surface area contributed by atoms with Crippen molar-refractivity contribution >= 4 is 44.2 Å². The lowest BCUT2D eigenvalue weighted by molar-refractivity contribution is -0.133. The lowest BCUT2D eigenvalue weighted by Crippen LogP contribution is -2.36. The number of hydrogen-bond donors (Lipinski definition) is 1. The molecule has 1 aliphatic carbocycles. The van der Waals surface area contributed by atoms with Gasteiger partial charge in [0.2, 0.25) is 5.91 Å². The molecule has 4 aromatic rings. The Morgan fingerprint density at radius 3 is 2.48 bits per heavy atom. The zero-order chi connectivity index (χ0) is 33.8. The number of nitrogens with one attached hydrogen (secondary N) is 1. The monoisotopic (exact) mass is 686 g/mol. The Morgan fingerprint density at radius 2 is 1.75 bits per heavy atom. The van der Waals surface area contributed by atoms with E-state index in [1.54, 1.807) is 0 Å². The van der Waals surface area contributed by atoms with Gasteiger partial charge in [-0.15, -0.1) is 0 Å². The van der Waals surface area contributed by atoms with Crippen LogP contribution in [0.15, 0.2) is 98.6 Å². The fourth-order valence-electron chi connectivity index (χ4n) is 6.81. The number of fused-ring (bicyclic) bond motifs is 1. The molecule has 6 rings (SSSR count). The third kappa shape index (κ3) is 8.08. The SMILES string of the molecule is CS(=O)(=O)c1ccc2oc(C(=O)N[C@@H](C=C3CCC(c4ccccc4CN4CCCCC4=O)CC3)Cc3ccc(Cl)cc3)cc(=O)c2c1. The Morgan fingerprint density at radius 1 is 1.00 bits per heavy atom.